The predicted molar refractivity (Wildman–Crippen MR) is 119 cm³/mol. The van der Waals surface area contributed by atoms with E-state index < -0.39 is 20.6 Å². The Balaban J connectivity index is 0.000000180. The van der Waals surface area contributed by atoms with Crippen molar-refractivity contribution in [3.63, 3.8) is 0 Å². The SMILES string of the molecule is COC1CCCc2ccc3c(ccc4ccccc43)c21.O=c1occcc1S(=O)(=O)O. The lowest BCUT2D eigenvalue weighted by Crippen LogP contribution is -2.11. The third-order valence-electron chi connectivity index (χ3n) is 5.56. The molecule has 1 aromatic heterocycles. The van der Waals surface area contributed by atoms with E-state index in [-0.39, 0.29) is 6.10 Å². The standard InChI is InChI=1S/C19H18O.C5H4O5S/c1-20-18-8-4-6-14-10-11-16-15-7-3-2-5-13(15)9-12-17(16)19(14)18;6-5-4(11(7,8)9)2-1-3-10-5/h2-3,5,7,9-12,18H,4,6,8H2,1H3;1-3H,(H,7,8,9). The molecule has 160 valence electrons. The van der Waals surface area contributed by atoms with Crippen molar-refractivity contribution < 1.29 is 22.1 Å². The normalized spacial score (nSPS) is 15.9. The largest absolute Gasteiger partial charge is 0.430 e. The van der Waals surface area contributed by atoms with E-state index >= 15 is 0 Å². The fourth-order valence-corrected chi connectivity index (χ4v) is 4.67. The molecule has 0 saturated heterocycles. The van der Waals surface area contributed by atoms with E-state index in [9.17, 15) is 13.2 Å². The van der Waals surface area contributed by atoms with Gasteiger partial charge in [0.05, 0.1) is 12.4 Å². The van der Waals surface area contributed by atoms with Gasteiger partial charge in [0.15, 0.2) is 4.90 Å². The van der Waals surface area contributed by atoms with Crippen LogP contribution < -0.4 is 5.63 Å². The van der Waals surface area contributed by atoms with Crippen LogP contribution >= 0.6 is 0 Å². The molecule has 31 heavy (non-hydrogen) atoms. The van der Waals surface area contributed by atoms with Crippen molar-refractivity contribution in [2.75, 3.05) is 7.11 Å². The molecule has 0 spiro atoms. The molecule has 3 aromatic carbocycles. The Kier molecular flexibility index (Phi) is 5.91. The minimum absolute atomic E-state index is 0.253. The molecule has 0 bridgehead atoms. The van der Waals surface area contributed by atoms with Crippen LogP contribution in [0.4, 0.5) is 0 Å². The topological polar surface area (TPSA) is 93.8 Å². The molecule has 0 amide bonds. The molecule has 1 N–H and O–H groups in total. The van der Waals surface area contributed by atoms with Gasteiger partial charge in [-0.05, 0) is 64.1 Å². The fourth-order valence-electron chi connectivity index (χ4n) is 4.16. The average molecular weight is 439 g/mol. The summed E-state index contributed by atoms with van der Waals surface area (Å²) in [5.74, 6) is 0. The number of benzene rings is 3. The summed E-state index contributed by atoms with van der Waals surface area (Å²) in [4.78, 5) is 9.81. The molecule has 0 fully saturated rings. The van der Waals surface area contributed by atoms with Gasteiger partial charge < -0.3 is 9.15 Å². The van der Waals surface area contributed by atoms with E-state index in [4.69, 9.17) is 9.29 Å². The predicted octanol–water partition coefficient (Wildman–Crippen LogP) is 4.90. The van der Waals surface area contributed by atoms with Gasteiger partial charge >= 0.3 is 15.7 Å². The maximum Gasteiger partial charge on any atom is 0.357 e. The Morgan fingerprint density at radius 3 is 2.45 bits per heavy atom. The summed E-state index contributed by atoms with van der Waals surface area (Å²) in [5.41, 5.74) is 1.81. The Bertz CT molecular complexity index is 1400. The summed E-state index contributed by atoms with van der Waals surface area (Å²) in [7, 11) is -2.61. The first-order valence-corrected chi connectivity index (χ1v) is 11.4. The van der Waals surface area contributed by atoms with Gasteiger partial charge in [-0.15, -0.1) is 0 Å². The third-order valence-corrected chi connectivity index (χ3v) is 6.42. The molecule has 1 aliphatic rings. The van der Waals surface area contributed by atoms with Crippen LogP contribution in [-0.4, -0.2) is 20.1 Å². The lowest BCUT2D eigenvalue weighted by Gasteiger charge is -2.26. The Hall–Kier alpha value is -3.00. The zero-order chi connectivity index (χ0) is 22.0. The summed E-state index contributed by atoms with van der Waals surface area (Å²) in [5, 5.41) is 5.37. The fraction of sp³-hybridized carbons (Fsp3) is 0.208. The lowest BCUT2D eigenvalue weighted by atomic mass is 9.84. The first-order chi connectivity index (χ1) is 14.9. The monoisotopic (exact) mass is 438 g/mol. The van der Waals surface area contributed by atoms with Crippen LogP contribution in [-0.2, 0) is 21.3 Å². The highest BCUT2D eigenvalue weighted by atomic mass is 32.2. The van der Waals surface area contributed by atoms with Crippen molar-refractivity contribution >= 4 is 31.7 Å². The van der Waals surface area contributed by atoms with E-state index in [1.165, 1.54) is 51.6 Å². The van der Waals surface area contributed by atoms with Crippen LogP contribution in [0.3, 0.4) is 0 Å². The lowest BCUT2D eigenvalue weighted by molar-refractivity contribution is 0.0894. The highest BCUT2D eigenvalue weighted by molar-refractivity contribution is 7.85. The molecular weight excluding hydrogens is 416 g/mol. The maximum absolute atomic E-state index is 10.6. The van der Waals surface area contributed by atoms with E-state index in [1.54, 1.807) is 0 Å². The number of hydrogen-bond donors (Lipinski definition) is 1. The van der Waals surface area contributed by atoms with Crippen molar-refractivity contribution in [1.82, 2.24) is 0 Å². The van der Waals surface area contributed by atoms with Gasteiger partial charge in [0, 0.05) is 7.11 Å². The molecule has 5 rings (SSSR count). The molecular formula is C24H22O6S. The molecule has 1 unspecified atom stereocenters. The van der Waals surface area contributed by atoms with Gasteiger partial charge in [-0.2, -0.15) is 8.42 Å². The minimum Gasteiger partial charge on any atom is -0.430 e. The summed E-state index contributed by atoms with van der Waals surface area (Å²) in [6.07, 6.45) is 4.82. The molecule has 1 atom stereocenters. The highest BCUT2D eigenvalue weighted by Crippen LogP contribution is 2.39. The molecule has 4 aromatic rings. The van der Waals surface area contributed by atoms with Gasteiger partial charge in [-0.1, -0.05) is 48.5 Å². The molecule has 0 saturated carbocycles. The van der Waals surface area contributed by atoms with Crippen molar-refractivity contribution in [3.05, 3.63) is 88.5 Å². The van der Waals surface area contributed by atoms with Crippen molar-refractivity contribution in [3.8, 4) is 0 Å². The van der Waals surface area contributed by atoms with E-state index in [0.717, 1.165) is 18.8 Å². The van der Waals surface area contributed by atoms with Gasteiger partial charge in [0.2, 0.25) is 0 Å². The Labute approximate surface area is 179 Å². The number of hydrogen-bond acceptors (Lipinski definition) is 5. The summed E-state index contributed by atoms with van der Waals surface area (Å²) < 4.78 is 39.0. The Morgan fingerprint density at radius 2 is 1.74 bits per heavy atom. The summed E-state index contributed by atoms with van der Waals surface area (Å²) in [6.45, 7) is 0. The number of ether oxygens (including phenoxy) is 1. The van der Waals surface area contributed by atoms with Crippen molar-refractivity contribution in [2.45, 2.75) is 30.3 Å². The molecule has 6 nitrogen and oxygen atoms in total. The van der Waals surface area contributed by atoms with Crippen LogP contribution in [0, 0.1) is 0 Å². The molecule has 0 aliphatic heterocycles. The third kappa shape index (κ3) is 4.25. The van der Waals surface area contributed by atoms with Crippen LogP contribution in [0.5, 0.6) is 0 Å². The second-order valence-corrected chi connectivity index (χ2v) is 8.77. The minimum atomic E-state index is -4.44. The first kappa shape index (κ1) is 21.2. The van der Waals surface area contributed by atoms with Gasteiger partial charge in [0.25, 0.3) is 0 Å². The first-order valence-electron chi connectivity index (χ1n) is 9.91. The molecule has 0 radical (unpaired) electrons. The number of rotatable bonds is 2. The maximum atomic E-state index is 10.6. The second kappa shape index (κ2) is 8.63. The van der Waals surface area contributed by atoms with Crippen LogP contribution in [0.25, 0.3) is 21.5 Å². The van der Waals surface area contributed by atoms with Crippen LogP contribution in [0.15, 0.2) is 81.0 Å². The Morgan fingerprint density at radius 1 is 0.968 bits per heavy atom. The molecule has 1 aliphatic carbocycles. The zero-order valence-electron chi connectivity index (χ0n) is 16.9. The van der Waals surface area contributed by atoms with Crippen LogP contribution in [0.1, 0.15) is 30.1 Å². The van der Waals surface area contributed by atoms with Crippen molar-refractivity contribution in [2.24, 2.45) is 0 Å². The highest BCUT2D eigenvalue weighted by Gasteiger charge is 2.22. The second-order valence-electron chi connectivity index (χ2n) is 7.38. The quantitative estimate of drug-likeness (QED) is 0.353. The van der Waals surface area contributed by atoms with Gasteiger partial charge in [0.1, 0.15) is 0 Å². The molecule has 7 heteroatoms. The van der Waals surface area contributed by atoms with Crippen LogP contribution in [0.2, 0.25) is 0 Å². The number of fused-ring (bicyclic) bond motifs is 5. The summed E-state index contributed by atoms with van der Waals surface area (Å²) >= 11 is 0. The number of aryl methyl sites for hydroxylation is 1. The van der Waals surface area contributed by atoms with E-state index in [2.05, 4.69) is 52.9 Å². The smallest absolute Gasteiger partial charge is 0.357 e. The average Bonchev–Trinajstić information content (AvgIpc) is 2.78. The molecule has 1 heterocycles. The van der Waals surface area contributed by atoms with Gasteiger partial charge in [-0.3, -0.25) is 4.55 Å². The summed E-state index contributed by atoms with van der Waals surface area (Å²) in [6, 6.07) is 19.9. The van der Waals surface area contributed by atoms with E-state index in [0.29, 0.717) is 0 Å². The number of methoxy groups -OCH3 is 1. The van der Waals surface area contributed by atoms with Crippen molar-refractivity contribution in [1.29, 1.82) is 0 Å². The van der Waals surface area contributed by atoms with E-state index in [1.807, 2.05) is 7.11 Å². The zero-order valence-corrected chi connectivity index (χ0v) is 17.8. The van der Waals surface area contributed by atoms with Gasteiger partial charge in [-0.25, -0.2) is 4.79 Å².